The maximum Gasteiger partial charge on any atom is 0.444 e. The van der Waals surface area contributed by atoms with E-state index in [0.717, 1.165) is 13.2 Å². The molecule has 0 fully saturated rings. The lowest BCUT2D eigenvalue weighted by Gasteiger charge is -2.23. The van der Waals surface area contributed by atoms with Crippen molar-refractivity contribution in [3.63, 3.8) is 0 Å². The van der Waals surface area contributed by atoms with E-state index in [1.807, 2.05) is 13.8 Å². The highest BCUT2D eigenvalue weighted by atomic mass is 19.4. The molecule has 0 aromatic heterocycles. The Labute approximate surface area is 86.2 Å². The van der Waals surface area contributed by atoms with Gasteiger partial charge in [0.15, 0.2) is 0 Å². The largest absolute Gasteiger partial charge is 0.444 e. The van der Waals surface area contributed by atoms with E-state index in [1.54, 1.807) is 0 Å². The first kappa shape index (κ1) is 17.0. The van der Waals surface area contributed by atoms with Gasteiger partial charge in [0.05, 0.1) is 0 Å². The smallest absolute Gasteiger partial charge is 0.382 e. The average molecular weight is 236 g/mol. The molecule has 0 saturated heterocycles. The van der Waals surface area contributed by atoms with Crippen molar-refractivity contribution in [2.45, 2.75) is 32.7 Å². The van der Waals surface area contributed by atoms with Crippen LogP contribution in [0.4, 0.5) is 17.7 Å². The van der Waals surface area contributed by atoms with Gasteiger partial charge in [0.25, 0.3) is 0 Å². The van der Waals surface area contributed by atoms with Crippen molar-refractivity contribution in [1.29, 1.82) is 0 Å². The van der Waals surface area contributed by atoms with Gasteiger partial charge in [-0.15, -0.1) is 4.94 Å². The lowest BCUT2D eigenvalue weighted by molar-refractivity contribution is -0.438. The zero-order chi connectivity index (χ0) is 12.5. The molecule has 0 heterocycles. The van der Waals surface area contributed by atoms with Gasteiger partial charge >= 0.3 is 12.0 Å². The summed E-state index contributed by atoms with van der Waals surface area (Å²) in [6.45, 7) is 6.02. The van der Waals surface area contributed by atoms with Crippen LogP contribution >= 0.6 is 0 Å². The summed E-state index contributed by atoms with van der Waals surface area (Å²) in [5, 5.41) is 0. The Morgan fingerprint density at radius 2 is 1.47 bits per heavy atom. The van der Waals surface area contributed by atoms with Gasteiger partial charge in [0, 0.05) is 27.2 Å². The predicted octanol–water partition coefficient (Wildman–Crippen LogP) is 2.86. The zero-order valence-electron chi connectivity index (χ0n) is 9.15. The molecule has 0 aromatic carbocycles. The Morgan fingerprint density at radius 3 is 1.53 bits per heavy atom. The molecule has 0 aliphatic carbocycles. The van der Waals surface area contributed by atoms with E-state index < -0.39 is 12.0 Å². The highest BCUT2D eigenvalue weighted by Crippen LogP contribution is 2.33. The van der Waals surface area contributed by atoms with Crippen LogP contribution in [0, 0.1) is 0 Å². The van der Waals surface area contributed by atoms with Crippen LogP contribution in [0.3, 0.4) is 0 Å². The average Bonchev–Trinajstić information content (AvgIpc) is 2.19. The number of rotatable bonds is 5. The number of hydrogen-bond acceptors (Lipinski definition) is 3. The molecular formula is C8H16F4O3. The van der Waals surface area contributed by atoms with Gasteiger partial charge in [-0.25, -0.2) is 4.39 Å². The normalized spacial score (nSPS) is 15.2. The molecule has 1 atom stereocenters. The highest BCUT2D eigenvalue weighted by molar-refractivity contribution is 4.70. The van der Waals surface area contributed by atoms with Gasteiger partial charge < -0.3 is 9.47 Å². The SMILES string of the molecule is CCOCC.COC(C)(F)C(F)(F)OF. The van der Waals surface area contributed by atoms with Gasteiger partial charge in [-0.2, -0.15) is 8.78 Å². The third-order valence-corrected chi connectivity index (χ3v) is 1.41. The summed E-state index contributed by atoms with van der Waals surface area (Å²) in [5.41, 5.74) is 0. The minimum Gasteiger partial charge on any atom is -0.382 e. The Morgan fingerprint density at radius 1 is 1.07 bits per heavy atom. The summed E-state index contributed by atoms with van der Waals surface area (Å²) >= 11 is 0. The van der Waals surface area contributed by atoms with E-state index in [4.69, 9.17) is 4.74 Å². The molecule has 0 aromatic rings. The molecule has 1 unspecified atom stereocenters. The zero-order valence-corrected chi connectivity index (χ0v) is 9.15. The minimum atomic E-state index is -4.57. The fourth-order valence-corrected chi connectivity index (χ4v) is 0.392. The summed E-state index contributed by atoms with van der Waals surface area (Å²) in [6.07, 6.45) is -4.57. The topological polar surface area (TPSA) is 27.7 Å². The third-order valence-electron chi connectivity index (χ3n) is 1.41. The second-order valence-corrected chi connectivity index (χ2v) is 2.50. The van der Waals surface area contributed by atoms with Gasteiger partial charge in [-0.3, -0.25) is 0 Å². The van der Waals surface area contributed by atoms with Crippen LogP contribution in [0.1, 0.15) is 20.8 Å². The number of ether oxygens (including phenoxy) is 2. The minimum absolute atomic E-state index is 0.354. The molecule has 15 heavy (non-hydrogen) atoms. The summed E-state index contributed by atoms with van der Waals surface area (Å²) < 4.78 is 55.3. The van der Waals surface area contributed by atoms with Crippen molar-refractivity contribution < 1.29 is 32.1 Å². The monoisotopic (exact) mass is 236 g/mol. The lowest BCUT2D eigenvalue weighted by Crippen LogP contribution is -2.43. The van der Waals surface area contributed by atoms with Crippen molar-refractivity contribution in [2.24, 2.45) is 0 Å². The van der Waals surface area contributed by atoms with Crippen LogP contribution in [-0.4, -0.2) is 32.3 Å². The van der Waals surface area contributed by atoms with Crippen molar-refractivity contribution in [1.82, 2.24) is 0 Å². The number of hydrogen-bond donors (Lipinski definition) is 0. The van der Waals surface area contributed by atoms with Gasteiger partial charge in [-0.1, -0.05) is 0 Å². The molecule has 94 valence electrons. The van der Waals surface area contributed by atoms with Crippen molar-refractivity contribution in [2.75, 3.05) is 20.3 Å². The summed E-state index contributed by atoms with van der Waals surface area (Å²) in [6, 6.07) is 0. The quantitative estimate of drug-likeness (QED) is 0.687. The molecule has 0 aliphatic heterocycles. The fraction of sp³-hybridized carbons (Fsp3) is 1.00. The first-order valence-corrected chi connectivity index (χ1v) is 4.28. The van der Waals surface area contributed by atoms with E-state index in [0.29, 0.717) is 14.0 Å². The van der Waals surface area contributed by atoms with Crippen LogP contribution in [0.2, 0.25) is 0 Å². The maximum atomic E-state index is 12.3. The Balaban J connectivity index is 0. The molecule has 0 amide bonds. The Bertz CT molecular complexity index is 137. The molecule has 0 bridgehead atoms. The second-order valence-electron chi connectivity index (χ2n) is 2.50. The van der Waals surface area contributed by atoms with Crippen LogP contribution in [0.15, 0.2) is 0 Å². The maximum absolute atomic E-state index is 12.3. The van der Waals surface area contributed by atoms with E-state index in [1.165, 1.54) is 0 Å². The number of methoxy groups -OCH3 is 1. The summed E-state index contributed by atoms with van der Waals surface area (Å²) in [5.74, 6) is -3.44. The fourth-order valence-electron chi connectivity index (χ4n) is 0.392. The number of alkyl halides is 3. The Kier molecular flexibility index (Phi) is 8.89. The van der Waals surface area contributed by atoms with Gasteiger partial charge in [0.2, 0.25) is 0 Å². The van der Waals surface area contributed by atoms with Crippen LogP contribution in [0.25, 0.3) is 0 Å². The molecule has 0 aliphatic rings. The first-order chi connectivity index (χ1) is 6.79. The first-order valence-electron chi connectivity index (χ1n) is 4.28. The Hall–Kier alpha value is -0.400. The summed E-state index contributed by atoms with van der Waals surface area (Å²) in [4.78, 5) is 2.06. The highest BCUT2D eigenvalue weighted by Gasteiger charge is 2.55. The van der Waals surface area contributed by atoms with E-state index in [9.17, 15) is 17.7 Å². The predicted molar refractivity (Wildman–Crippen MR) is 45.8 cm³/mol. The van der Waals surface area contributed by atoms with Crippen molar-refractivity contribution >= 4 is 0 Å². The van der Waals surface area contributed by atoms with E-state index in [2.05, 4.69) is 9.68 Å². The molecular weight excluding hydrogens is 220 g/mol. The lowest BCUT2D eigenvalue weighted by atomic mass is 10.3. The standard InChI is InChI=1S/C4H6F4O2.C4H10O/c1-3(5,9-2)4(6,7)10-8;1-3-5-4-2/h1-2H3;3-4H2,1-2H3. The molecule has 0 radical (unpaired) electrons. The van der Waals surface area contributed by atoms with E-state index in [-0.39, 0.29) is 0 Å². The molecule has 0 spiro atoms. The van der Waals surface area contributed by atoms with Crippen LogP contribution < -0.4 is 0 Å². The molecule has 0 N–H and O–H groups in total. The summed E-state index contributed by atoms with van der Waals surface area (Å²) in [7, 11) is 0.674. The van der Waals surface area contributed by atoms with E-state index >= 15 is 0 Å². The van der Waals surface area contributed by atoms with Crippen molar-refractivity contribution in [3.05, 3.63) is 0 Å². The second kappa shape index (κ2) is 7.84. The van der Waals surface area contributed by atoms with Crippen LogP contribution in [-0.2, 0) is 14.4 Å². The van der Waals surface area contributed by atoms with Gasteiger partial charge in [0.1, 0.15) is 0 Å². The molecule has 3 nitrogen and oxygen atoms in total. The molecule has 0 saturated carbocycles. The molecule has 7 heteroatoms. The van der Waals surface area contributed by atoms with Crippen molar-refractivity contribution in [3.8, 4) is 0 Å². The molecule has 0 rings (SSSR count). The van der Waals surface area contributed by atoms with Crippen LogP contribution in [0.5, 0.6) is 0 Å². The van der Waals surface area contributed by atoms with Gasteiger partial charge in [-0.05, 0) is 18.4 Å². The number of halogens is 4. The third kappa shape index (κ3) is 6.64.